The van der Waals surface area contributed by atoms with Crippen molar-refractivity contribution in [3.8, 4) is 22.3 Å². The van der Waals surface area contributed by atoms with Crippen LogP contribution in [0.1, 0.15) is 56.9 Å². The van der Waals surface area contributed by atoms with Gasteiger partial charge >= 0.3 is 0 Å². The van der Waals surface area contributed by atoms with Crippen LogP contribution in [0.3, 0.4) is 0 Å². The lowest BCUT2D eigenvalue weighted by molar-refractivity contribution is 0.660. The fourth-order valence-corrected chi connectivity index (χ4v) is 26.3. The first-order chi connectivity index (χ1) is 32.1. The first kappa shape index (κ1) is 43.1. The van der Waals surface area contributed by atoms with Gasteiger partial charge in [-0.05, 0) is 121 Å². The summed E-state index contributed by atoms with van der Waals surface area (Å²) in [5.74, 6) is 0. The van der Waals surface area contributed by atoms with Crippen LogP contribution in [0.25, 0.3) is 43.8 Å². The molecule has 2 nitrogen and oxygen atoms in total. The Morgan fingerprint density at radius 1 is 0.388 bits per heavy atom. The van der Waals surface area contributed by atoms with Gasteiger partial charge in [0.2, 0.25) is 0 Å². The first-order valence-electron chi connectivity index (χ1n) is 24.2. The van der Waals surface area contributed by atoms with Crippen molar-refractivity contribution in [2.75, 3.05) is 9.80 Å². The van der Waals surface area contributed by atoms with Crippen LogP contribution in [0.15, 0.2) is 194 Å². The molecule has 0 fully saturated rings. The second-order valence-corrected chi connectivity index (χ2v) is 33.4. The highest BCUT2D eigenvalue weighted by Gasteiger charge is 2.65. The Kier molecular flexibility index (Phi) is 9.84. The van der Waals surface area contributed by atoms with Crippen molar-refractivity contribution in [1.29, 1.82) is 0 Å². The molecule has 0 heterocycles. The average molecular weight is 903 g/mol. The highest BCUT2D eigenvalue weighted by molar-refractivity contribution is 7.01. The summed E-state index contributed by atoms with van der Waals surface area (Å²) in [6.45, 7) is 25.9. The first-order valence-corrected chi connectivity index (χ1v) is 30.7. The van der Waals surface area contributed by atoms with Gasteiger partial charge in [-0.25, -0.2) is 0 Å². The summed E-state index contributed by atoms with van der Waals surface area (Å²) >= 11 is 0. The van der Waals surface area contributed by atoms with Gasteiger partial charge in [-0.2, -0.15) is 0 Å². The van der Waals surface area contributed by atoms with Gasteiger partial charge in [0.15, 0.2) is 0 Å². The summed E-state index contributed by atoms with van der Waals surface area (Å²) in [5.41, 5.74) is 18.3. The summed E-state index contributed by atoms with van der Waals surface area (Å²) in [6, 6.07) is 73.4. The lowest BCUT2D eigenvalue weighted by atomic mass is 9.82. The predicted octanol–water partition coefficient (Wildman–Crippen LogP) is 18.4. The molecule has 9 aromatic carbocycles. The molecule has 0 N–H and O–H groups in total. The number of rotatable bonds is 8. The van der Waals surface area contributed by atoms with Crippen LogP contribution < -0.4 is 9.80 Å². The Balaban J connectivity index is 1.29. The van der Waals surface area contributed by atoms with E-state index < -0.39 is 16.1 Å². The number of fused-ring (bicyclic) bond motifs is 10. The van der Waals surface area contributed by atoms with Crippen LogP contribution in [0, 0.1) is 0 Å². The molecule has 0 aliphatic heterocycles. The fraction of sp³-hybridized carbons (Fsp3) is 0.206. The predicted molar refractivity (Wildman–Crippen MR) is 295 cm³/mol. The third-order valence-electron chi connectivity index (χ3n) is 16.4. The molecular formula is C63H62N2Si2. The second-order valence-electron chi connectivity index (χ2n) is 22.2. The molecule has 1 atom stereocenters. The molecule has 0 aromatic heterocycles. The third kappa shape index (κ3) is 6.18. The second kappa shape index (κ2) is 15.3. The van der Waals surface area contributed by atoms with Crippen molar-refractivity contribution >= 4 is 71.8 Å². The van der Waals surface area contributed by atoms with Crippen LogP contribution in [0.2, 0.25) is 37.8 Å². The van der Waals surface area contributed by atoms with Gasteiger partial charge in [0, 0.05) is 43.6 Å². The summed E-state index contributed by atoms with van der Waals surface area (Å²) in [7, 11) is -4.65. The Morgan fingerprint density at radius 3 is 1.39 bits per heavy atom. The van der Waals surface area contributed by atoms with E-state index in [1.165, 1.54) is 77.6 Å². The van der Waals surface area contributed by atoms with E-state index in [2.05, 4.69) is 271 Å². The van der Waals surface area contributed by atoms with Crippen LogP contribution in [-0.4, -0.2) is 16.1 Å². The Morgan fingerprint density at radius 2 is 0.836 bits per heavy atom. The van der Waals surface area contributed by atoms with Gasteiger partial charge in [0.1, 0.15) is 0 Å². The van der Waals surface area contributed by atoms with E-state index in [0.717, 1.165) is 17.1 Å². The van der Waals surface area contributed by atoms with Crippen LogP contribution in [0.5, 0.6) is 0 Å². The molecule has 2 aliphatic rings. The number of para-hydroxylation sites is 3. The molecule has 0 saturated carbocycles. The molecule has 2 aliphatic carbocycles. The highest BCUT2D eigenvalue weighted by atomic mass is 28.4. The van der Waals surface area contributed by atoms with Crippen molar-refractivity contribution in [2.24, 2.45) is 0 Å². The topological polar surface area (TPSA) is 6.48 Å². The molecule has 0 saturated heterocycles. The van der Waals surface area contributed by atoms with Crippen molar-refractivity contribution in [3.05, 3.63) is 216 Å². The summed E-state index contributed by atoms with van der Waals surface area (Å²) in [4.78, 5) is 5.08. The summed E-state index contributed by atoms with van der Waals surface area (Å²) < 4.78 is -0.186. The van der Waals surface area contributed by atoms with Crippen LogP contribution >= 0.6 is 0 Å². The van der Waals surface area contributed by atoms with Crippen molar-refractivity contribution in [2.45, 2.75) is 82.5 Å². The molecule has 1 unspecified atom stereocenters. The van der Waals surface area contributed by atoms with Gasteiger partial charge in [-0.15, -0.1) is 0 Å². The zero-order chi connectivity index (χ0) is 46.7. The smallest absolute Gasteiger partial charge is 0.0662 e. The Bertz CT molecular complexity index is 3340. The molecule has 0 spiro atoms. The van der Waals surface area contributed by atoms with Crippen molar-refractivity contribution < 1.29 is 0 Å². The molecule has 4 heteroatoms. The quantitative estimate of drug-likeness (QED) is 0.140. The maximum absolute atomic E-state index is 2.73. The van der Waals surface area contributed by atoms with E-state index in [9.17, 15) is 0 Å². The van der Waals surface area contributed by atoms with Gasteiger partial charge in [0.05, 0.1) is 27.5 Å². The monoisotopic (exact) mass is 902 g/mol. The lowest BCUT2D eigenvalue weighted by Gasteiger charge is -2.58. The van der Waals surface area contributed by atoms with E-state index in [4.69, 9.17) is 0 Å². The number of anilines is 6. The SMILES string of the molecule is CC1(C)c2ccccc2-c2ccc(N(c3ccccc3)c3cc4c(c5ccccc35)-c3cc(N(c5ccccc5)c5ccccc5)c5ccccc5c3C4([Si](C)(C)C)[Si](C)(C)C(C)(C)C)cc21. The van der Waals surface area contributed by atoms with E-state index in [-0.39, 0.29) is 15.1 Å². The average Bonchev–Trinajstić information content (AvgIpc) is 3.76. The van der Waals surface area contributed by atoms with Gasteiger partial charge in [-0.3, -0.25) is 0 Å². The largest absolute Gasteiger partial charge is 0.310 e. The van der Waals surface area contributed by atoms with Gasteiger partial charge < -0.3 is 9.80 Å². The minimum absolute atomic E-state index is 0.0670. The lowest BCUT2D eigenvalue weighted by Crippen LogP contribution is -2.68. The van der Waals surface area contributed by atoms with Crippen molar-refractivity contribution in [3.63, 3.8) is 0 Å². The fourth-order valence-electron chi connectivity index (χ4n) is 12.7. The molecular weight excluding hydrogens is 841 g/mol. The minimum atomic E-state index is -2.39. The Labute approximate surface area is 400 Å². The Hall–Kier alpha value is -6.47. The van der Waals surface area contributed by atoms with Crippen LogP contribution in [0.4, 0.5) is 34.1 Å². The summed E-state index contributed by atoms with van der Waals surface area (Å²) in [5, 5.41) is 5.31. The maximum Gasteiger partial charge on any atom is 0.0662 e. The van der Waals surface area contributed by atoms with E-state index >= 15 is 0 Å². The van der Waals surface area contributed by atoms with Crippen molar-refractivity contribution in [1.82, 2.24) is 0 Å². The van der Waals surface area contributed by atoms with Gasteiger partial charge in [0.25, 0.3) is 0 Å². The molecule has 67 heavy (non-hydrogen) atoms. The molecule has 0 amide bonds. The third-order valence-corrected chi connectivity index (χ3v) is 29.4. The zero-order valence-corrected chi connectivity index (χ0v) is 42.9. The minimum Gasteiger partial charge on any atom is -0.310 e. The molecule has 0 radical (unpaired) electrons. The highest BCUT2D eigenvalue weighted by Crippen LogP contribution is 2.67. The summed E-state index contributed by atoms with van der Waals surface area (Å²) in [6.07, 6.45) is 0. The number of hydrogen-bond donors (Lipinski definition) is 0. The zero-order valence-electron chi connectivity index (χ0n) is 40.9. The molecule has 0 bridgehead atoms. The number of benzene rings is 9. The normalized spacial score (nSPS) is 16.1. The van der Waals surface area contributed by atoms with E-state index in [1.54, 1.807) is 5.56 Å². The van der Waals surface area contributed by atoms with E-state index in [1.807, 2.05) is 0 Å². The standard InChI is InChI=1S/C63H62N2Si2/c1-61(2,3)67(9,10)63(66(6,7)8)56-42-58(65(45-30-18-13-19-31-45)46-38-39-48-47-32-24-25-37-54(47)62(4,5)55(48)40-46)49-33-20-22-35-51(49)59(56)53-41-57(50-34-21-23-36-52(50)60(53)63)64(43-26-14-11-15-27-43)44-28-16-12-17-29-44/h11-42H,1-10H3. The molecule has 332 valence electrons. The van der Waals surface area contributed by atoms with Gasteiger partial charge in [-0.1, -0.05) is 201 Å². The number of nitrogens with zero attached hydrogens (tertiary/aromatic N) is 2. The molecule has 11 rings (SSSR count). The maximum atomic E-state index is 2.73. The van der Waals surface area contributed by atoms with Crippen LogP contribution in [-0.2, 0) is 10.1 Å². The van der Waals surface area contributed by atoms with E-state index in [0.29, 0.717) is 0 Å². The molecule has 9 aromatic rings. The number of hydrogen-bond acceptors (Lipinski definition) is 2.